The van der Waals surface area contributed by atoms with Gasteiger partial charge in [0.15, 0.2) is 0 Å². The van der Waals surface area contributed by atoms with E-state index in [1.165, 1.54) is 24.3 Å². The van der Waals surface area contributed by atoms with Crippen LogP contribution in [0, 0.1) is 21.4 Å². The predicted octanol–water partition coefficient (Wildman–Crippen LogP) is 2.44. The molecule has 1 aromatic carbocycles. The number of benzene rings is 1. The third kappa shape index (κ3) is 3.62. The summed E-state index contributed by atoms with van der Waals surface area (Å²) < 4.78 is 0. The molecule has 0 spiro atoms. The minimum Gasteiger partial charge on any atom is -0.387 e. The van der Waals surface area contributed by atoms with E-state index in [0.717, 1.165) is 4.90 Å². The summed E-state index contributed by atoms with van der Waals surface area (Å²) in [4.78, 5) is 36.1. The summed E-state index contributed by atoms with van der Waals surface area (Å²) >= 11 is 0. The fourth-order valence-electron chi connectivity index (χ4n) is 3.31. The average molecular weight is 334 g/mol. The van der Waals surface area contributed by atoms with Crippen molar-refractivity contribution >= 4 is 17.5 Å². The molecule has 1 aliphatic rings. The second-order valence-corrected chi connectivity index (χ2v) is 7.01. The first kappa shape index (κ1) is 18.1. The lowest BCUT2D eigenvalue weighted by atomic mass is 9.80. The minimum atomic E-state index is -1.15. The van der Waals surface area contributed by atoms with Crippen molar-refractivity contribution in [1.29, 1.82) is 0 Å². The fraction of sp³-hybridized carbons (Fsp3) is 0.529. The normalized spacial score (nSPS) is 22.3. The molecular formula is C17H22N2O5. The monoisotopic (exact) mass is 334 g/mol. The third-order valence-corrected chi connectivity index (χ3v) is 4.28. The smallest absolute Gasteiger partial charge is 0.269 e. The summed E-state index contributed by atoms with van der Waals surface area (Å²) in [7, 11) is 0. The van der Waals surface area contributed by atoms with E-state index in [1.807, 2.05) is 13.8 Å². The largest absolute Gasteiger partial charge is 0.387 e. The lowest BCUT2D eigenvalue weighted by Crippen LogP contribution is -2.37. The highest BCUT2D eigenvalue weighted by atomic mass is 16.6. The number of nitro benzene ring substituents is 1. The van der Waals surface area contributed by atoms with Crippen LogP contribution in [0.15, 0.2) is 24.3 Å². The number of nitrogens with zero attached hydrogens (tertiary/aromatic N) is 2. The maximum absolute atomic E-state index is 12.6. The van der Waals surface area contributed by atoms with Crippen LogP contribution in [0.5, 0.6) is 0 Å². The molecule has 0 unspecified atom stereocenters. The molecule has 1 heterocycles. The van der Waals surface area contributed by atoms with Crippen LogP contribution >= 0.6 is 0 Å². The highest BCUT2D eigenvalue weighted by Gasteiger charge is 2.48. The minimum absolute atomic E-state index is 0.131. The summed E-state index contributed by atoms with van der Waals surface area (Å²) in [5.41, 5.74) is -0.578. The molecule has 0 saturated carbocycles. The first-order valence-electron chi connectivity index (χ1n) is 7.91. The number of non-ortho nitro benzene ring substituents is 1. The Kier molecular flexibility index (Phi) is 5.03. The van der Waals surface area contributed by atoms with E-state index < -0.39 is 16.4 Å². The SMILES string of the molecule is CC(C)C[C@@]1(C)CC(=O)N(C[C@@H](O)c2cccc([N+](=O)[O-])c2)C1=O. The molecule has 24 heavy (non-hydrogen) atoms. The van der Waals surface area contributed by atoms with Gasteiger partial charge in [-0.15, -0.1) is 0 Å². The van der Waals surface area contributed by atoms with E-state index in [0.29, 0.717) is 12.0 Å². The van der Waals surface area contributed by atoms with Gasteiger partial charge in [0.1, 0.15) is 0 Å². The van der Waals surface area contributed by atoms with Gasteiger partial charge >= 0.3 is 0 Å². The van der Waals surface area contributed by atoms with Crippen molar-refractivity contribution in [2.75, 3.05) is 6.54 Å². The number of amides is 2. The summed E-state index contributed by atoms with van der Waals surface area (Å²) in [5.74, 6) is -0.327. The highest BCUT2D eigenvalue weighted by Crippen LogP contribution is 2.39. The van der Waals surface area contributed by atoms with Crippen LogP contribution in [0.4, 0.5) is 5.69 Å². The van der Waals surface area contributed by atoms with Crippen LogP contribution in [0.25, 0.3) is 0 Å². The number of imide groups is 1. The molecule has 0 aliphatic carbocycles. The molecule has 0 radical (unpaired) electrons. The molecule has 2 amide bonds. The molecule has 130 valence electrons. The first-order valence-corrected chi connectivity index (χ1v) is 7.91. The van der Waals surface area contributed by atoms with Gasteiger partial charge in [0.2, 0.25) is 11.8 Å². The number of hydrogen-bond acceptors (Lipinski definition) is 5. The Bertz CT molecular complexity index is 673. The van der Waals surface area contributed by atoms with Gasteiger partial charge in [-0.2, -0.15) is 0 Å². The van der Waals surface area contributed by atoms with Gasteiger partial charge < -0.3 is 5.11 Å². The topological polar surface area (TPSA) is 101 Å². The van der Waals surface area contributed by atoms with Crippen LogP contribution < -0.4 is 0 Å². The zero-order chi connectivity index (χ0) is 18.1. The van der Waals surface area contributed by atoms with Crippen molar-refractivity contribution in [2.45, 2.75) is 39.7 Å². The van der Waals surface area contributed by atoms with E-state index in [1.54, 1.807) is 6.92 Å². The van der Waals surface area contributed by atoms with Gasteiger partial charge in [-0.3, -0.25) is 24.6 Å². The number of aliphatic hydroxyl groups excluding tert-OH is 1. The molecule has 7 heteroatoms. The van der Waals surface area contributed by atoms with E-state index in [9.17, 15) is 24.8 Å². The number of nitro groups is 1. The van der Waals surface area contributed by atoms with Gasteiger partial charge in [-0.1, -0.05) is 32.9 Å². The molecule has 1 aromatic rings. The first-order chi connectivity index (χ1) is 11.1. The zero-order valence-electron chi connectivity index (χ0n) is 14.1. The number of carbonyl (C=O) groups is 2. The molecular weight excluding hydrogens is 312 g/mol. The van der Waals surface area contributed by atoms with Crippen molar-refractivity contribution in [3.63, 3.8) is 0 Å². The number of carbonyl (C=O) groups excluding carboxylic acids is 2. The van der Waals surface area contributed by atoms with Gasteiger partial charge in [-0.25, -0.2) is 0 Å². The van der Waals surface area contributed by atoms with E-state index in [-0.39, 0.29) is 36.4 Å². The van der Waals surface area contributed by atoms with Crippen LogP contribution in [0.2, 0.25) is 0 Å². The van der Waals surface area contributed by atoms with Crippen LogP contribution in [-0.4, -0.2) is 33.3 Å². The van der Waals surface area contributed by atoms with Crippen molar-refractivity contribution in [2.24, 2.45) is 11.3 Å². The molecule has 1 saturated heterocycles. The number of likely N-dealkylation sites (tertiary alicyclic amines) is 1. The van der Waals surface area contributed by atoms with Gasteiger partial charge in [0.05, 0.1) is 23.0 Å². The Hall–Kier alpha value is -2.28. The lowest BCUT2D eigenvalue weighted by Gasteiger charge is -2.25. The maximum atomic E-state index is 12.6. The van der Waals surface area contributed by atoms with Crippen molar-refractivity contribution < 1.29 is 19.6 Å². The highest BCUT2D eigenvalue weighted by molar-refractivity contribution is 6.05. The Balaban J connectivity index is 2.15. The van der Waals surface area contributed by atoms with Crippen molar-refractivity contribution in [3.8, 4) is 0 Å². The van der Waals surface area contributed by atoms with E-state index >= 15 is 0 Å². The van der Waals surface area contributed by atoms with Gasteiger partial charge in [0.25, 0.3) is 5.69 Å². The zero-order valence-corrected chi connectivity index (χ0v) is 14.1. The van der Waals surface area contributed by atoms with Gasteiger partial charge in [0, 0.05) is 18.6 Å². The Morgan fingerprint density at radius 1 is 1.38 bits per heavy atom. The van der Waals surface area contributed by atoms with Crippen molar-refractivity contribution in [1.82, 2.24) is 4.90 Å². The molecule has 1 N–H and O–H groups in total. The molecule has 2 atom stereocenters. The van der Waals surface area contributed by atoms with Crippen LogP contribution in [0.1, 0.15) is 45.3 Å². The quantitative estimate of drug-likeness (QED) is 0.489. The van der Waals surface area contributed by atoms with Crippen LogP contribution in [0.3, 0.4) is 0 Å². The standard InChI is InChI=1S/C17H22N2O5/c1-11(2)8-17(3)9-15(21)18(16(17)22)10-14(20)12-5-4-6-13(7-12)19(23)24/h4-7,11,14,20H,8-10H2,1-3H3/t14-,17+/m1/s1. The predicted molar refractivity (Wildman–Crippen MR) is 87.0 cm³/mol. The summed E-state index contributed by atoms with van der Waals surface area (Å²) in [6, 6.07) is 5.58. The molecule has 0 bridgehead atoms. The van der Waals surface area contributed by atoms with Crippen molar-refractivity contribution in [3.05, 3.63) is 39.9 Å². The summed E-state index contributed by atoms with van der Waals surface area (Å²) in [5, 5.41) is 21.1. The summed E-state index contributed by atoms with van der Waals surface area (Å²) in [6.07, 6.45) is -0.425. The fourth-order valence-corrected chi connectivity index (χ4v) is 3.31. The second-order valence-electron chi connectivity index (χ2n) is 7.01. The Morgan fingerprint density at radius 2 is 2.04 bits per heavy atom. The Morgan fingerprint density at radius 3 is 2.62 bits per heavy atom. The number of β-amino-alcohol motifs (C(OH)–C–C–N with tert-alkyl or cyclic N) is 1. The molecule has 7 nitrogen and oxygen atoms in total. The Labute approximate surface area is 140 Å². The number of aliphatic hydroxyl groups is 1. The van der Waals surface area contributed by atoms with E-state index in [4.69, 9.17) is 0 Å². The maximum Gasteiger partial charge on any atom is 0.269 e. The summed E-state index contributed by atoms with van der Waals surface area (Å²) in [6.45, 7) is 5.56. The lowest BCUT2D eigenvalue weighted by molar-refractivity contribution is -0.385. The number of rotatable bonds is 6. The molecule has 2 rings (SSSR count). The van der Waals surface area contributed by atoms with Gasteiger partial charge in [-0.05, 0) is 17.9 Å². The third-order valence-electron chi connectivity index (χ3n) is 4.28. The van der Waals surface area contributed by atoms with E-state index in [2.05, 4.69) is 0 Å². The second kappa shape index (κ2) is 6.68. The van der Waals surface area contributed by atoms with Crippen LogP contribution in [-0.2, 0) is 9.59 Å². The number of hydrogen-bond donors (Lipinski definition) is 1. The molecule has 1 aliphatic heterocycles. The molecule has 1 fully saturated rings. The average Bonchev–Trinajstić information content (AvgIpc) is 2.69. The molecule has 0 aromatic heterocycles.